The lowest BCUT2D eigenvalue weighted by Gasteiger charge is -2.23. The molecule has 1 fully saturated rings. The molecule has 3 rings (SSSR count). The van der Waals surface area contributed by atoms with E-state index in [9.17, 15) is 4.79 Å². The molecule has 1 N–H and O–H groups in total. The molecule has 0 saturated carbocycles. The van der Waals surface area contributed by atoms with E-state index in [0.717, 1.165) is 36.7 Å². The maximum atomic E-state index is 12.7. The lowest BCUT2D eigenvalue weighted by molar-refractivity contribution is 0.207. The summed E-state index contributed by atoms with van der Waals surface area (Å²) in [5, 5.41) is 7.54. The van der Waals surface area contributed by atoms with E-state index in [1.807, 2.05) is 36.1 Å². The molecule has 1 saturated heterocycles. The highest BCUT2D eigenvalue weighted by molar-refractivity contribution is 5.88. The third-order valence-electron chi connectivity index (χ3n) is 4.69. The molecule has 25 heavy (non-hydrogen) atoms. The number of aromatic nitrogens is 3. The number of pyridine rings is 1. The second kappa shape index (κ2) is 7.68. The summed E-state index contributed by atoms with van der Waals surface area (Å²) in [6.45, 7) is 8.58. The minimum Gasteiger partial charge on any atom is -0.324 e. The summed E-state index contributed by atoms with van der Waals surface area (Å²) in [4.78, 5) is 19.0. The average molecular weight is 341 g/mol. The number of likely N-dealkylation sites (tertiary alicyclic amines) is 1. The maximum absolute atomic E-state index is 12.7. The van der Waals surface area contributed by atoms with Crippen molar-refractivity contribution in [2.45, 2.75) is 40.2 Å². The van der Waals surface area contributed by atoms with Crippen molar-refractivity contribution in [3.8, 4) is 0 Å². The van der Waals surface area contributed by atoms with Crippen molar-refractivity contribution in [3.63, 3.8) is 0 Å². The summed E-state index contributed by atoms with van der Waals surface area (Å²) >= 11 is 0. The van der Waals surface area contributed by atoms with Crippen LogP contribution in [0.3, 0.4) is 0 Å². The first kappa shape index (κ1) is 17.5. The number of carbonyl (C=O) groups excluding carboxylic acids is 1. The molecule has 0 aromatic carbocycles. The molecule has 134 valence electrons. The van der Waals surface area contributed by atoms with E-state index in [2.05, 4.69) is 29.2 Å². The van der Waals surface area contributed by atoms with Crippen LogP contribution in [0.25, 0.3) is 0 Å². The molecular weight excluding hydrogens is 314 g/mol. The first-order valence-corrected chi connectivity index (χ1v) is 9.01. The Balaban J connectivity index is 1.71. The standard InChI is InChI=1S/C19H27N5O/c1-14-7-9-23(12-15(2)10-14)19(25)21-18-11-16(3)22-24(18)13-17-6-4-5-8-20-17/h4-6,8,11,14-15H,7,9-10,12-13H2,1-3H3,(H,21,25)/t14-,15-/m0/s1. The van der Waals surface area contributed by atoms with Gasteiger partial charge in [0, 0.05) is 25.4 Å². The second-order valence-corrected chi connectivity index (χ2v) is 7.26. The number of rotatable bonds is 3. The van der Waals surface area contributed by atoms with E-state index in [4.69, 9.17) is 0 Å². The summed E-state index contributed by atoms with van der Waals surface area (Å²) < 4.78 is 1.81. The van der Waals surface area contributed by atoms with Gasteiger partial charge in [0.1, 0.15) is 5.82 Å². The first-order chi connectivity index (χ1) is 12.0. The molecule has 2 aromatic rings. The number of nitrogens with one attached hydrogen (secondary N) is 1. The zero-order valence-corrected chi connectivity index (χ0v) is 15.3. The van der Waals surface area contributed by atoms with Gasteiger partial charge >= 0.3 is 6.03 Å². The van der Waals surface area contributed by atoms with Crippen LogP contribution in [0.2, 0.25) is 0 Å². The quantitative estimate of drug-likeness (QED) is 0.929. The molecule has 6 nitrogen and oxygen atoms in total. The monoisotopic (exact) mass is 341 g/mol. The molecule has 0 unspecified atom stereocenters. The van der Waals surface area contributed by atoms with Crippen molar-refractivity contribution in [1.82, 2.24) is 19.7 Å². The zero-order valence-electron chi connectivity index (χ0n) is 15.3. The van der Waals surface area contributed by atoms with Gasteiger partial charge in [0.2, 0.25) is 0 Å². The number of carbonyl (C=O) groups is 1. The molecule has 1 aliphatic heterocycles. The lowest BCUT2D eigenvalue weighted by atomic mass is 9.97. The summed E-state index contributed by atoms with van der Waals surface area (Å²) in [6.07, 6.45) is 4.01. The van der Waals surface area contributed by atoms with Crippen LogP contribution in [0.4, 0.5) is 10.6 Å². The van der Waals surface area contributed by atoms with E-state index in [1.165, 1.54) is 6.42 Å². The van der Waals surface area contributed by atoms with E-state index in [1.54, 1.807) is 10.9 Å². The van der Waals surface area contributed by atoms with Crippen LogP contribution in [0.5, 0.6) is 0 Å². The fraction of sp³-hybridized carbons (Fsp3) is 0.526. The molecule has 0 bridgehead atoms. The van der Waals surface area contributed by atoms with Gasteiger partial charge in [0.25, 0.3) is 0 Å². The number of anilines is 1. The molecule has 1 aliphatic rings. The van der Waals surface area contributed by atoms with Gasteiger partial charge in [-0.2, -0.15) is 5.10 Å². The molecule has 6 heteroatoms. The minimum atomic E-state index is -0.0388. The van der Waals surface area contributed by atoms with Crippen LogP contribution in [-0.4, -0.2) is 38.8 Å². The molecule has 2 aromatic heterocycles. The van der Waals surface area contributed by atoms with Gasteiger partial charge in [-0.3, -0.25) is 10.3 Å². The van der Waals surface area contributed by atoms with Crippen molar-refractivity contribution < 1.29 is 4.79 Å². The highest BCUT2D eigenvalue weighted by Crippen LogP contribution is 2.22. The van der Waals surface area contributed by atoms with Gasteiger partial charge in [-0.15, -0.1) is 0 Å². The van der Waals surface area contributed by atoms with Gasteiger partial charge in [0.15, 0.2) is 0 Å². The maximum Gasteiger partial charge on any atom is 0.323 e. The SMILES string of the molecule is Cc1cc(NC(=O)N2CC[C@H](C)C[C@H](C)C2)n(Cc2ccccn2)n1. The number of hydrogen-bond donors (Lipinski definition) is 1. The lowest BCUT2D eigenvalue weighted by Crippen LogP contribution is -2.38. The highest BCUT2D eigenvalue weighted by Gasteiger charge is 2.23. The molecular formula is C19H27N5O. The Kier molecular flexibility index (Phi) is 5.36. The molecule has 0 radical (unpaired) electrons. The van der Waals surface area contributed by atoms with Gasteiger partial charge in [0.05, 0.1) is 17.9 Å². The van der Waals surface area contributed by atoms with Crippen LogP contribution < -0.4 is 5.32 Å². The van der Waals surface area contributed by atoms with E-state index >= 15 is 0 Å². The summed E-state index contributed by atoms with van der Waals surface area (Å²) in [7, 11) is 0. The fourth-order valence-electron chi connectivity index (χ4n) is 3.51. The minimum absolute atomic E-state index is 0.0388. The van der Waals surface area contributed by atoms with Gasteiger partial charge in [-0.1, -0.05) is 19.9 Å². The molecule has 0 spiro atoms. The Morgan fingerprint density at radius 3 is 2.92 bits per heavy atom. The molecule has 2 atom stereocenters. The number of hydrogen-bond acceptors (Lipinski definition) is 3. The van der Waals surface area contributed by atoms with Crippen LogP contribution in [0, 0.1) is 18.8 Å². The van der Waals surface area contributed by atoms with E-state index < -0.39 is 0 Å². The van der Waals surface area contributed by atoms with Crippen LogP contribution in [0.15, 0.2) is 30.5 Å². The van der Waals surface area contributed by atoms with Gasteiger partial charge in [-0.25, -0.2) is 9.48 Å². The average Bonchev–Trinajstić information content (AvgIpc) is 2.80. The fourth-order valence-corrected chi connectivity index (χ4v) is 3.51. The Bertz CT molecular complexity index is 712. The largest absolute Gasteiger partial charge is 0.324 e. The third kappa shape index (κ3) is 4.59. The van der Waals surface area contributed by atoms with Crippen molar-refractivity contribution in [1.29, 1.82) is 0 Å². The highest BCUT2D eigenvalue weighted by atomic mass is 16.2. The van der Waals surface area contributed by atoms with Gasteiger partial charge < -0.3 is 4.90 Å². The van der Waals surface area contributed by atoms with E-state index in [0.29, 0.717) is 18.4 Å². The Morgan fingerprint density at radius 2 is 2.16 bits per heavy atom. The number of amides is 2. The van der Waals surface area contributed by atoms with Crippen molar-refractivity contribution in [2.75, 3.05) is 18.4 Å². The third-order valence-corrected chi connectivity index (χ3v) is 4.69. The van der Waals surface area contributed by atoms with Crippen molar-refractivity contribution in [3.05, 3.63) is 41.9 Å². The van der Waals surface area contributed by atoms with Crippen molar-refractivity contribution >= 4 is 11.8 Å². The van der Waals surface area contributed by atoms with Gasteiger partial charge in [-0.05, 0) is 43.7 Å². The zero-order chi connectivity index (χ0) is 17.8. The topological polar surface area (TPSA) is 63.1 Å². The Labute approximate surface area is 149 Å². The van der Waals surface area contributed by atoms with Crippen LogP contribution in [0.1, 0.15) is 38.1 Å². The number of urea groups is 1. The summed E-state index contributed by atoms with van der Waals surface area (Å²) in [5.74, 6) is 1.92. The van der Waals surface area contributed by atoms with E-state index in [-0.39, 0.29) is 6.03 Å². The Morgan fingerprint density at radius 1 is 1.32 bits per heavy atom. The Hall–Kier alpha value is -2.37. The van der Waals surface area contributed by atoms with Crippen molar-refractivity contribution in [2.24, 2.45) is 11.8 Å². The van der Waals surface area contributed by atoms with Crippen LogP contribution in [-0.2, 0) is 6.54 Å². The normalized spacial score (nSPS) is 21.0. The number of aryl methyl sites for hydroxylation is 1. The van der Waals surface area contributed by atoms with Crippen LogP contribution >= 0.6 is 0 Å². The summed E-state index contributed by atoms with van der Waals surface area (Å²) in [6, 6.07) is 7.67. The molecule has 3 heterocycles. The smallest absolute Gasteiger partial charge is 0.323 e. The predicted molar refractivity (Wildman–Crippen MR) is 98.5 cm³/mol. The number of nitrogens with zero attached hydrogens (tertiary/aromatic N) is 4. The summed E-state index contributed by atoms with van der Waals surface area (Å²) in [5.41, 5.74) is 1.79. The predicted octanol–water partition coefficient (Wildman–Crippen LogP) is 3.53. The molecule has 2 amide bonds. The second-order valence-electron chi connectivity index (χ2n) is 7.26. The molecule has 0 aliphatic carbocycles. The first-order valence-electron chi connectivity index (χ1n) is 9.01.